The van der Waals surface area contributed by atoms with E-state index >= 15 is 0 Å². The van der Waals surface area contributed by atoms with Crippen molar-refractivity contribution in [1.29, 1.82) is 0 Å². The third-order valence-corrected chi connectivity index (χ3v) is 5.87. The van der Waals surface area contributed by atoms with Crippen molar-refractivity contribution in [2.75, 3.05) is 51.1 Å². The molecule has 1 aliphatic heterocycles. The van der Waals surface area contributed by atoms with Crippen LogP contribution >= 0.6 is 0 Å². The molecular formula is C27H34ClN7. The van der Waals surface area contributed by atoms with Crippen molar-refractivity contribution in [3.63, 3.8) is 0 Å². The molecule has 1 fully saturated rings. The molecule has 2 heterocycles. The topological polar surface area (TPSA) is 43.2 Å². The van der Waals surface area contributed by atoms with Gasteiger partial charge in [-0.1, -0.05) is 43.8 Å². The molecule has 0 unspecified atom stereocenters. The third kappa shape index (κ3) is 6.96. The lowest BCUT2D eigenvalue weighted by molar-refractivity contribution is -0.679. The van der Waals surface area contributed by atoms with E-state index in [-0.39, 0.29) is 12.4 Å². The zero-order valence-corrected chi connectivity index (χ0v) is 21.7. The second-order valence-electron chi connectivity index (χ2n) is 8.87. The summed E-state index contributed by atoms with van der Waals surface area (Å²) in [5, 5.41) is 9.42. The van der Waals surface area contributed by atoms with E-state index in [1.807, 2.05) is 62.4 Å². The van der Waals surface area contributed by atoms with Gasteiger partial charge in [-0.2, -0.15) is 0 Å². The molecule has 4 rings (SSSR count). The summed E-state index contributed by atoms with van der Waals surface area (Å²) in [7, 11) is 8.16. The molecule has 1 aliphatic rings. The van der Waals surface area contributed by atoms with Crippen molar-refractivity contribution in [2.45, 2.75) is 12.8 Å². The van der Waals surface area contributed by atoms with Crippen LogP contribution in [0.4, 0.5) is 11.4 Å². The van der Waals surface area contributed by atoms with Crippen LogP contribution in [0.25, 0.3) is 6.08 Å². The zero-order valence-electron chi connectivity index (χ0n) is 20.9. The number of benzene rings is 2. The van der Waals surface area contributed by atoms with E-state index in [1.165, 1.54) is 12.8 Å². The third-order valence-electron chi connectivity index (χ3n) is 5.87. The Morgan fingerprint density at radius 3 is 1.89 bits per heavy atom. The highest BCUT2D eigenvalue weighted by molar-refractivity contribution is 5.80. The van der Waals surface area contributed by atoms with Crippen LogP contribution in [0.5, 0.6) is 0 Å². The first-order valence-corrected chi connectivity index (χ1v) is 11.7. The fraction of sp³-hybridized carbons (Fsp3) is 0.296. The minimum absolute atomic E-state index is 0. The van der Waals surface area contributed by atoms with Crippen LogP contribution in [0.2, 0.25) is 0 Å². The number of rotatable bonds is 8. The Bertz CT molecular complexity index is 1070. The lowest BCUT2D eigenvalue weighted by atomic mass is 10.2. The van der Waals surface area contributed by atoms with Crippen LogP contribution in [-0.2, 0) is 0 Å². The van der Waals surface area contributed by atoms with Crippen molar-refractivity contribution < 1.29 is 17.1 Å². The van der Waals surface area contributed by atoms with E-state index < -0.39 is 0 Å². The van der Waals surface area contributed by atoms with Gasteiger partial charge in [0, 0.05) is 64.9 Å². The van der Waals surface area contributed by atoms with Gasteiger partial charge in [-0.05, 0) is 48.2 Å². The fourth-order valence-electron chi connectivity index (χ4n) is 3.77. The first-order valence-electron chi connectivity index (χ1n) is 11.7. The quantitative estimate of drug-likeness (QED) is 0.345. The number of likely N-dealkylation sites (tertiary alicyclic amines) is 1. The highest BCUT2D eigenvalue weighted by Crippen LogP contribution is 2.13. The molecule has 3 aromatic rings. The summed E-state index contributed by atoms with van der Waals surface area (Å²) in [6, 6.07) is 16.7. The van der Waals surface area contributed by atoms with Crippen LogP contribution in [0.1, 0.15) is 29.8 Å². The largest absolute Gasteiger partial charge is 1.00 e. The molecule has 0 amide bonds. The average molecular weight is 492 g/mol. The Kier molecular flexibility index (Phi) is 9.09. The zero-order chi connectivity index (χ0) is 23.9. The summed E-state index contributed by atoms with van der Waals surface area (Å²) in [4.78, 5) is 6.52. The van der Waals surface area contributed by atoms with Gasteiger partial charge in [-0.15, -0.1) is 0 Å². The first-order chi connectivity index (χ1) is 16.5. The Morgan fingerprint density at radius 2 is 1.34 bits per heavy atom. The smallest absolute Gasteiger partial charge is 0.334 e. The fourth-order valence-corrected chi connectivity index (χ4v) is 3.77. The molecular weight excluding hydrogens is 458 g/mol. The van der Waals surface area contributed by atoms with E-state index in [0.29, 0.717) is 0 Å². The second kappa shape index (κ2) is 12.2. The van der Waals surface area contributed by atoms with Crippen LogP contribution in [-0.4, -0.2) is 63.3 Å². The molecule has 0 aliphatic carbocycles. The summed E-state index contributed by atoms with van der Waals surface area (Å²) < 4.78 is 3.72. The lowest BCUT2D eigenvalue weighted by Crippen LogP contribution is -3.00. The molecule has 1 aromatic heterocycles. The van der Waals surface area contributed by atoms with Crippen LogP contribution in [0.15, 0.2) is 77.3 Å². The number of hydrogen-bond acceptors (Lipinski definition) is 5. The minimum atomic E-state index is 0. The van der Waals surface area contributed by atoms with Crippen molar-refractivity contribution >= 4 is 29.9 Å². The van der Waals surface area contributed by atoms with E-state index in [0.717, 1.165) is 41.4 Å². The Labute approximate surface area is 214 Å². The summed E-state index contributed by atoms with van der Waals surface area (Å²) in [5.74, 6) is 0.884. The molecule has 0 saturated carbocycles. The molecule has 0 N–H and O–H groups in total. The Hall–Kier alpha value is -3.58. The van der Waals surface area contributed by atoms with Gasteiger partial charge in [0.1, 0.15) is 0 Å². The van der Waals surface area contributed by atoms with E-state index in [1.54, 1.807) is 0 Å². The molecule has 35 heavy (non-hydrogen) atoms. The molecule has 0 bridgehead atoms. The van der Waals surface area contributed by atoms with Gasteiger partial charge in [-0.25, -0.2) is 0 Å². The summed E-state index contributed by atoms with van der Waals surface area (Å²) >= 11 is 0. The number of imidazole rings is 1. The highest BCUT2D eigenvalue weighted by atomic mass is 35.5. The maximum Gasteiger partial charge on any atom is 0.334 e. The SMILES string of the molecule is CN(C)c1ccc(/C=N/n2cc[n+](/N=C/c3ccc(N(C)C)cc3)c2/C=C/N2CCCC2)cc1.[Cl-]. The standard InChI is InChI=1S/C27H34N7.ClH/c1-30(2)25-11-7-23(8-12-25)21-28-33-19-20-34(27(33)15-18-32-16-5-6-17-32)29-22-24-9-13-26(14-10-24)31(3)4;/h7-15,18-22H,5-6,16-17H2,1-4H3;1H/q+1;/p-1/b28-21+,29-22+;. The Morgan fingerprint density at radius 1 is 0.800 bits per heavy atom. The normalized spacial score (nSPS) is 13.8. The number of halogens is 1. The van der Waals surface area contributed by atoms with Crippen molar-refractivity contribution in [3.05, 3.63) is 84.1 Å². The first kappa shape index (κ1) is 26.0. The monoisotopic (exact) mass is 491 g/mol. The number of nitrogens with zero attached hydrogens (tertiary/aromatic N) is 7. The molecule has 184 valence electrons. The van der Waals surface area contributed by atoms with Crippen molar-refractivity contribution in [3.8, 4) is 0 Å². The van der Waals surface area contributed by atoms with Gasteiger partial charge in [-0.3, -0.25) is 0 Å². The summed E-state index contributed by atoms with van der Waals surface area (Å²) in [6.45, 7) is 2.19. The lowest BCUT2D eigenvalue weighted by Gasteiger charge is -2.11. The van der Waals surface area contributed by atoms with E-state index in [4.69, 9.17) is 10.2 Å². The van der Waals surface area contributed by atoms with Crippen LogP contribution < -0.4 is 26.9 Å². The molecule has 0 spiro atoms. The van der Waals surface area contributed by atoms with Gasteiger partial charge < -0.3 is 27.1 Å². The average Bonchev–Trinajstić information content (AvgIpc) is 3.50. The number of aromatic nitrogens is 2. The van der Waals surface area contributed by atoms with Gasteiger partial charge >= 0.3 is 5.82 Å². The molecule has 0 atom stereocenters. The molecule has 2 aromatic carbocycles. The van der Waals surface area contributed by atoms with E-state index in [2.05, 4.69) is 75.5 Å². The minimum Gasteiger partial charge on any atom is -1.00 e. The van der Waals surface area contributed by atoms with Gasteiger partial charge in [0.05, 0.1) is 12.4 Å². The molecule has 7 nitrogen and oxygen atoms in total. The maximum absolute atomic E-state index is 4.71. The van der Waals surface area contributed by atoms with Gasteiger partial charge in [0.2, 0.25) is 0 Å². The van der Waals surface area contributed by atoms with Gasteiger partial charge in [0.15, 0.2) is 12.4 Å². The molecule has 1 saturated heterocycles. The highest BCUT2D eigenvalue weighted by Gasteiger charge is 2.15. The second-order valence-corrected chi connectivity index (χ2v) is 8.87. The van der Waals surface area contributed by atoms with Crippen molar-refractivity contribution in [2.24, 2.45) is 10.2 Å². The number of anilines is 2. The predicted octanol–water partition coefficient (Wildman–Crippen LogP) is 0.743. The maximum atomic E-state index is 4.71. The predicted molar refractivity (Wildman–Crippen MR) is 142 cm³/mol. The summed E-state index contributed by atoms with van der Waals surface area (Å²) in [6.07, 6.45) is 14.3. The van der Waals surface area contributed by atoms with Crippen LogP contribution in [0.3, 0.4) is 0 Å². The van der Waals surface area contributed by atoms with Gasteiger partial charge in [0.25, 0.3) is 0 Å². The van der Waals surface area contributed by atoms with E-state index in [9.17, 15) is 0 Å². The van der Waals surface area contributed by atoms with Crippen LogP contribution in [0, 0.1) is 0 Å². The number of hydrogen-bond donors (Lipinski definition) is 0. The Balaban J connectivity index is 0.00000342. The van der Waals surface area contributed by atoms with Crippen molar-refractivity contribution in [1.82, 2.24) is 9.58 Å². The molecule has 8 heteroatoms. The molecule has 0 radical (unpaired) electrons. The summed E-state index contributed by atoms with van der Waals surface area (Å²) in [5.41, 5.74) is 4.42.